The van der Waals surface area contributed by atoms with Crippen LogP contribution in [0.15, 0.2) is 5.38 Å². The van der Waals surface area contributed by atoms with Crippen LogP contribution >= 0.6 is 11.3 Å². The number of piperazine rings is 1. The van der Waals surface area contributed by atoms with Gasteiger partial charge in [-0.05, 0) is 6.92 Å². The van der Waals surface area contributed by atoms with Crippen molar-refractivity contribution in [3.63, 3.8) is 0 Å². The van der Waals surface area contributed by atoms with Gasteiger partial charge in [0.1, 0.15) is 6.04 Å². The molecule has 0 aliphatic carbocycles. The monoisotopic (exact) mass is 293 g/mol. The first kappa shape index (κ1) is 14.9. The van der Waals surface area contributed by atoms with Crippen LogP contribution in [0.3, 0.4) is 0 Å². The molecule has 0 saturated carbocycles. The van der Waals surface area contributed by atoms with E-state index in [-0.39, 0.29) is 11.9 Å². The van der Waals surface area contributed by atoms with E-state index in [0.717, 1.165) is 23.9 Å². The van der Waals surface area contributed by atoms with Gasteiger partial charge in [0.2, 0.25) is 5.91 Å². The van der Waals surface area contributed by atoms with E-state index in [4.69, 9.17) is 5.26 Å². The van der Waals surface area contributed by atoms with E-state index in [2.05, 4.69) is 21.3 Å². The summed E-state index contributed by atoms with van der Waals surface area (Å²) in [5.41, 5.74) is 0.923. The molecule has 1 amide bonds. The summed E-state index contributed by atoms with van der Waals surface area (Å²) in [7, 11) is 0. The van der Waals surface area contributed by atoms with Crippen LogP contribution in [0, 0.1) is 11.3 Å². The molecule has 108 valence electrons. The molecule has 2 rings (SSSR count). The van der Waals surface area contributed by atoms with Crippen LogP contribution in [0.2, 0.25) is 0 Å². The van der Waals surface area contributed by atoms with Crippen LogP contribution < -0.4 is 10.2 Å². The molecule has 2 heterocycles. The Bertz CT molecular complexity index is 509. The van der Waals surface area contributed by atoms with E-state index >= 15 is 0 Å². The Morgan fingerprint density at radius 2 is 2.55 bits per heavy atom. The fraction of sp³-hybridized carbons (Fsp3) is 0.615. The third-order valence-corrected chi connectivity index (χ3v) is 4.25. The zero-order valence-corrected chi connectivity index (χ0v) is 12.6. The van der Waals surface area contributed by atoms with Gasteiger partial charge in [-0.15, -0.1) is 11.3 Å². The summed E-state index contributed by atoms with van der Waals surface area (Å²) in [6.45, 7) is 7.20. The van der Waals surface area contributed by atoms with E-state index < -0.39 is 0 Å². The quantitative estimate of drug-likeness (QED) is 0.889. The molecular weight excluding hydrogens is 274 g/mol. The van der Waals surface area contributed by atoms with Crippen molar-refractivity contribution in [1.29, 1.82) is 5.26 Å². The second-order valence-electron chi connectivity index (χ2n) is 4.70. The highest BCUT2D eigenvalue weighted by Crippen LogP contribution is 2.22. The third kappa shape index (κ3) is 3.33. The minimum absolute atomic E-state index is 0.00507. The molecule has 1 aromatic rings. The van der Waals surface area contributed by atoms with Crippen molar-refractivity contribution in [2.24, 2.45) is 0 Å². The Morgan fingerprint density at radius 1 is 1.75 bits per heavy atom. The summed E-state index contributed by atoms with van der Waals surface area (Å²) in [6, 6.07) is 2.20. The smallest absolute Gasteiger partial charge is 0.225 e. The fourth-order valence-corrected chi connectivity index (χ4v) is 3.18. The molecule has 20 heavy (non-hydrogen) atoms. The lowest BCUT2D eigenvalue weighted by Gasteiger charge is -2.31. The second kappa shape index (κ2) is 6.79. The number of anilines is 1. The predicted octanol–water partition coefficient (Wildman–Crippen LogP) is 0.813. The number of hydrogen-bond donors (Lipinski definition) is 1. The maximum atomic E-state index is 11.5. The number of hydrogen-bond acceptors (Lipinski definition) is 6. The van der Waals surface area contributed by atoms with Crippen LogP contribution in [-0.4, -0.2) is 48.0 Å². The highest BCUT2D eigenvalue weighted by Gasteiger charge is 2.23. The molecular formula is C13H19N5OS. The first-order valence-electron chi connectivity index (χ1n) is 6.72. The van der Waals surface area contributed by atoms with Crippen molar-refractivity contribution in [3.8, 4) is 6.07 Å². The van der Waals surface area contributed by atoms with Gasteiger partial charge in [0, 0.05) is 45.0 Å². The molecule has 0 bridgehead atoms. The minimum atomic E-state index is -0.107. The summed E-state index contributed by atoms with van der Waals surface area (Å²) < 4.78 is 0. The normalized spacial score (nSPS) is 19.6. The van der Waals surface area contributed by atoms with Crippen LogP contribution in [0.25, 0.3) is 0 Å². The predicted molar refractivity (Wildman–Crippen MR) is 78.5 cm³/mol. The average molecular weight is 293 g/mol. The van der Waals surface area contributed by atoms with Gasteiger partial charge >= 0.3 is 0 Å². The Morgan fingerprint density at radius 3 is 3.20 bits per heavy atom. The molecule has 1 unspecified atom stereocenters. The number of nitriles is 1. The van der Waals surface area contributed by atoms with Crippen LogP contribution in [0.4, 0.5) is 5.13 Å². The molecule has 1 saturated heterocycles. The number of nitrogens with zero attached hydrogens (tertiary/aromatic N) is 4. The van der Waals surface area contributed by atoms with Gasteiger partial charge in [0.15, 0.2) is 5.13 Å². The lowest BCUT2D eigenvalue weighted by atomic mass is 10.2. The summed E-state index contributed by atoms with van der Waals surface area (Å²) in [4.78, 5) is 19.8. The topological polar surface area (TPSA) is 72.3 Å². The molecule has 7 heteroatoms. The van der Waals surface area contributed by atoms with E-state index in [0.29, 0.717) is 19.6 Å². The van der Waals surface area contributed by atoms with Gasteiger partial charge in [0.05, 0.1) is 11.8 Å². The van der Waals surface area contributed by atoms with Crippen molar-refractivity contribution in [1.82, 2.24) is 15.2 Å². The number of nitrogens with one attached hydrogen (secondary N) is 1. The van der Waals surface area contributed by atoms with E-state index in [1.807, 2.05) is 12.3 Å². The second-order valence-corrected chi connectivity index (χ2v) is 5.54. The minimum Gasteiger partial charge on any atom is -0.313 e. The molecule has 1 N–H and O–H groups in total. The molecule has 1 aliphatic rings. The van der Waals surface area contributed by atoms with Gasteiger partial charge in [-0.1, -0.05) is 0 Å². The molecule has 0 spiro atoms. The standard InChI is InChI=1S/C13H19N5OS/c1-3-18(10(2)19)13-16-11(9-20-13)8-17-5-4-15-7-12(17)6-14/h9,12,15H,3-5,7-8H2,1-2H3. The lowest BCUT2D eigenvalue weighted by molar-refractivity contribution is -0.116. The third-order valence-electron chi connectivity index (χ3n) is 3.34. The summed E-state index contributed by atoms with van der Waals surface area (Å²) in [5, 5.41) is 15.1. The first-order chi connectivity index (χ1) is 9.65. The molecule has 0 aromatic carbocycles. The van der Waals surface area contributed by atoms with Gasteiger partial charge in [-0.25, -0.2) is 4.98 Å². The zero-order chi connectivity index (χ0) is 14.5. The first-order valence-corrected chi connectivity index (χ1v) is 7.60. The maximum Gasteiger partial charge on any atom is 0.225 e. The van der Waals surface area contributed by atoms with Crippen molar-refractivity contribution < 1.29 is 4.79 Å². The van der Waals surface area contributed by atoms with Crippen LogP contribution in [-0.2, 0) is 11.3 Å². The number of aromatic nitrogens is 1. The van der Waals surface area contributed by atoms with Gasteiger partial charge in [0.25, 0.3) is 0 Å². The van der Waals surface area contributed by atoms with Crippen LogP contribution in [0.5, 0.6) is 0 Å². The average Bonchev–Trinajstić information content (AvgIpc) is 2.88. The zero-order valence-electron chi connectivity index (χ0n) is 11.8. The molecule has 1 fully saturated rings. The van der Waals surface area contributed by atoms with E-state index in [1.165, 1.54) is 11.3 Å². The number of carbonyl (C=O) groups is 1. The Hall–Kier alpha value is -1.49. The number of amides is 1. The lowest BCUT2D eigenvalue weighted by Crippen LogP contribution is -2.50. The Balaban J connectivity index is 2.05. The van der Waals surface area contributed by atoms with Crippen molar-refractivity contribution in [2.45, 2.75) is 26.4 Å². The van der Waals surface area contributed by atoms with Gasteiger partial charge in [-0.2, -0.15) is 5.26 Å². The Kier molecular flexibility index (Phi) is 5.06. The largest absolute Gasteiger partial charge is 0.313 e. The maximum absolute atomic E-state index is 11.5. The van der Waals surface area contributed by atoms with Crippen molar-refractivity contribution >= 4 is 22.4 Å². The van der Waals surface area contributed by atoms with Crippen molar-refractivity contribution in [2.75, 3.05) is 31.1 Å². The molecule has 1 atom stereocenters. The Labute approximate surface area is 123 Å². The SMILES string of the molecule is CCN(C(C)=O)c1nc(CN2CCNCC2C#N)cs1. The van der Waals surface area contributed by atoms with Gasteiger partial charge < -0.3 is 5.32 Å². The fourth-order valence-electron chi connectivity index (χ4n) is 2.26. The van der Waals surface area contributed by atoms with E-state index in [1.54, 1.807) is 11.8 Å². The summed E-state index contributed by atoms with van der Waals surface area (Å²) >= 11 is 1.48. The highest BCUT2D eigenvalue weighted by molar-refractivity contribution is 7.14. The molecule has 1 aromatic heterocycles. The summed E-state index contributed by atoms with van der Waals surface area (Å²) in [5.74, 6) is 0.00507. The number of thiazole rings is 1. The van der Waals surface area contributed by atoms with Crippen molar-refractivity contribution in [3.05, 3.63) is 11.1 Å². The molecule has 6 nitrogen and oxygen atoms in total. The number of rotatable bonds is 4. The molecule has 0 radical (unpaired) electrons. The van der Waals surface area contributed by atoms with E-state index in [9.17, 15) is 4.79 Å². The summed E-state index contributed by atoms with van der Waals surface area (Å²) in [6.07, 6.45) is 0. The number of carbonyl (C=O) groups excluding carboxylic acids is 1. The van der Waals surface area contributed by atoms with Gasteiger partial charge in [-0.3, -0.25) is 14.6 Å². The highest BCUT2D eigenvalue weighted by atomic mass is 32.1. The molecule has 1 aliphatic heterocycles. The van der Waals surface area contributed by atoms with Crippen LogP contribution in [0.1, 0.15) is 19.5 Å².